The van der Waals surface area contributed by atoms with Gasteiger partial charge in [0.1, 0.15) is 5.82 Å². The summed E-state index contributed by atoms with van der Waals surface area (Å²) in [5.41, 5.74) is 1.69. The summed E-state index contributed by atoms with van der Waals surface area (Å²) in [6.45, 7) is 0. The molecule has 2 aromatic heterocycles. The van der Waals surface area contributed by atoms with Crippen molar-refractivity contribution in [1.82, 2.24) is 15.0 Å². The molecule has 0 radical (unpaired) electrons. The van der Waals surface area contributed by atoms with Crippen molar-refractivity contribution >= 4 is 32.5 Å². The second kappa shape index (κ2) is 5.35. The Kier molecular flexibility index (Phi) is 3.20. The first-order chi connectivity index (χ1) is 10.8. The number of benzene rings is 2. The van der Waals surface area contributed by atoms with E-state index in [1.165, 1.54) is 4.70 Å². The molecule has 0 fully saturated rings. The SMILES string of the molecule is O=c1[nH]c(CCc2nc3ccccc3s2)nc2ccccc12. The Morgan fingerprint density at radius 2 is 1.68 bits per heavy atom. The monoisotopic (exact) mass is 307 g/mol. The summed E-state index contributed by atoms with van der Waals surface area (Å²) in [6, 6.07) is 15.5. The molecule has 2 aromatic carbocycles. The molecule has 4 aromatic rings. The van der Waals surface area contributed by atoms with Gasteiger partial charge in [-0.1, -0.05) is 24.3 Å². The predicted molar refractivity (Wildman–Crippen MR) is 89.4 cm³/mol. The lowest BCUT2D eigenvalue weighted by molar-refractivity contribution is 0.856. The normalized spacial score (nSPS) is 11.3. The number of rotatable bonds is 3. The van der Waals surface area contributed by atoms with Crippen LogP contribution in [0.25, 0.3) is 21.1 Å². The maximum Gasteiger partial charge on any atom is 0.258 e. The lowest BCUT2D eigenvalue weighted by atomic mass is 10.2. The number of thiazole rings is 1. The van der Waals surface area contributed by atoms with Crippen molar-refractivity contribution in [1.29, 1.82) is 0 Å². The highest BCUT2D eigenvalue weighted by atomic mass is 32.1. The van der Waals surface area contributed by atoms with Crippen LogP contribution < -0.4 is 5.56 Å². The number of H-pyrrole nitrogens is 1. The number of hydrogen-bond donors (Lipinski definition) is 1. The molecule has 0 aliphatic heterocycles. The number of aromatic amines is 1. The molecule has 5 heteroatoms. The molecule has 0 atom stereocenters. The molecule has 108 valence electrons. The van der Waals surface area contributed by atoms with Gasteiger partial charge in [-0.2, -0.15) is 0 Å². The summed E-state index contributed by atoms with van der Waals surface area (Å²) in [5, 5.41) is 1.70. The van der Waals surface area contributed by atoms with Crippen LogP contribution in [0, 0.1) is 0 Å². The topological polar surface area (TPSA) is 58.6 Å². The van der Waals surface area contributed by atoms with Crippen molar-refractivity contribution in [2.75, 3.05) is 0 Å². The molecule has 0 aliphatic carbocycles. The smallest absolute Gasteiger partial charge is 0.258 e. The lowest BCUT2D eigenvalue weighted by Gasteiger charge is -2.01. The molecule has 4 nitrogen and oxygen atoms in total. The molecule has 4 rings (SSSR count). The Hall–Kier alpha value is -2.53. The van der Waals surface area contributed by atoms with E-state index in [2.05, 4.69) is 21.0 Å². The zero-order valence-electron chi connectivity index (χ0n) is 11.7. The Bertz CT molecular complexity index is 986. The van der Waals surface area contributed by atoms with E-state index in [1.54, 1.807) is 17.4 Å². The standard InChI is InChI=1S/C17H13N3OS/c21-17-11-5-1-2-6-12(11)18-15(20-17)9-10-16-19-13-7-3-4-8-14(13)22-16/h1-8H,9-10H2,(H,18,20,21). The van der Waals surface area contributed by atoms with E-state index in [-0.39, 0.29) is 5.56 Å². The third-order valence-corrected chi connectivity index (χ3v) is 4.67. The summed E-state index contributed by atoms with van der Waals surface area (Å²) < 4.78 is 1.19. The van der Waals surface area contributed by atoms with Crippen molar-refractivity contribution in [3.8, 4) is 0 Å². The largest absolute Gasteiger partial charge is 0.310 e. The van der Waals surface area contributed by atoms with E-state index in [1.807, 2.05) is 36.4 Å². The van der Waals surface area contributed by atoms with Crippen LogP contribution in [0.3, 0.4) is 0 Å². The molecule has 0 spiro atoms. The van der Waals surface area contributed by atoms with Gasteiger partial charge in [0.2, 0.25) is 0 Å². The Morgan fingerprint density at radius 1 is 0.909 bits per heavy atom. The first-order valence-electron chi connectivity index (χ1n) is 7.12. The van der Waals surface area contributed by atoms with Crippen LogP contribution in [-0.2, 0) is 12.8 Å². The van der Waals surface area contributed by atoms with Gasteiger partial charge in [0.05, 0.1) is 26.1 Å². The number of nitrogens with zero attached hydrogens (tertiary/aromatic N) is 2. The van der Waals surface area contributed by atoms with Crippen LogP contribution >= 0.6 is 11.3 Å². The molecule has 2 heterocycles. The van der Waals surface area contributed by atoms with Crippen LogP contribution in [0.5, 0.6) is 0 Å². The summed E-state index contributed by atoms with van der Waals surface area (Å²) in [6.07, 6.45) is 1.46. The number of aromatic nitrogens is 3. The number of para-hydroxylation sites is 2. The van der Waals surface area contributed by atoms with Crippen LogP contribution in [-0.4, -0.2) is 15.0 Å². The highest BCUT2D eigenvalue weighted by molar-refractivity contribution is 7.18. The maximum absolute atomic E-state index is 12.0. The van der Waals surface area contributed by atoms with Crippen LogP contribution in [0.4, 0.5) is 0 Å². The molecule has 22 heavy (non-hydrogen) atoms. The van der Waals surface area contributed by atoms with Gasteiger partial charge in [0.15, 0.2) is 0 Å². The highest BCUT2D eigenvalue weighted by Gasteiger charge is 2.06. The van der Waals surface area contributed by atoms with Crippen molar-refractivity contribution in [3.05, 3.63) is 69.7 Å². The molecule has 0 amide bonds. The van der Waals surface area contributed by atoms with E-state index < -0.39 is 0 Å². The average molecular weight is 307 g/mol. The summed E-state index contributed by atoms with van der Waals surface area (Å²) in [4.78, 5) is 24.0. The van der Waals surface area contributed by atoms with Gasteiger partial charge in [-0.05, 0) is 24.3 Å². The van der Waals surface area contributed by atoms with E-state index in [0.717, 1.165) is 22.5 Å². The third kappa shape index (κ3) is 2.40. The quantitative estimate of drug-likeness (QED) is 0.631. The second-order valence-corrected chi connectivity index (χ2v) is 6.22. The van der Waals surface area contributed by atoms with Crippen LogP contribution in [0.1, 0.15) is 10.8 Å². The summed E-state index contributed by atoms with van der Waals surface area (Å²) in [5.74, 6) is 0.711. The lowest BCUT2D eigenvalue weighted by Crippen LogP contribution is -2.12. The fourth-order valence-corrected chi connectivity index (χ4v) is 3.47. The molecule has 0 saturated carbocycles. The van der Waals surface area contributed by atoms with Crippen LogP contribution in [0.2, 0.25) is 0 Å². The van der Waals surface area contributed by atoms with E-state index in [4.69, 9.17) is 0 Å². The van der Waals surface area contributed by atoms with Gasteiger partial charge in [0, 0.05) is 12.8 Å². The Morgan fingerprint density at radius 3 is 2.55 bits per heavy atom. The van der Waals surface area contributed by atoms with Gasteiger partial charge in [-0.3, -0.25) is 4.79 Å². The first kappa shape index (κ1) is 13.2. The van der Waals surface area contributed by atoms with Gasteiger partial charge in [-0.25, -0.2) is 9.97 Å². The van der Waals surface area contributed by atoms with E-state index in [9.17, 15) is 4.79 Å². The number of hydrogen-bond acceptors (Lipinski definition) is 4. The van der Waals surface area contributed by atoms with Crippen molar-refractivity contribution in [2.45, 2.75) is 12.8 Å². The number of aryl methyl sites for hydroxylation is 2. The van der Waals surface area contributed by atoms with Crippen molar-refractivity contribution in [2.24, 2.45) is 0 Å². The molecular weight excluding hydrogens is 294 g/mol. The van der Waals surface area contributed by atoms with Gasteiger partial charge in [-0.15, -0.1) is 11.3 Å². The van der Waals surface area contributed by atoms with Gasteiger partial charge >= 0.3 is 0 Å². The fourth-order valence-electron chi connectivity index (χ4n) is 2.51. The average Bonchev–Trinajstić information content (AvgIpc) is 2.96. The Balaban J connectivity index is 1.62. The minimum absolute atomic E-state index is 0.0788. The number of fused-ring (bicyclic) bond motifs is 2. The van der Waals surface area contributed by atoms with Crippen LogP contribution in [0.15, 0.2) is 53.3 Å². The van der Waals surface area contributed by atoms with Gasteiger partial charge in [0.25, 0.3) is 5.56 Å². The van der Waals surface area contributed by atoms with Crippen molar-refractivity contribution in [3.63, 3.8) is 0 Å². The molecule has 0 unspecified atom stereocenters. The molecule has 1 N–H and O–H groups in total. The molecule has 0 aliphatic rings. The van der Waals surface area contributed by atoms with Crippen molar-refractivity contribution < 1.29 is 0 Å². The highest BCUT2D eigenvalue weighted by Crippen LogP contribution is 2.22. The minimum Gasteiger partial charge on any atom is -0.310 e. The first-order valence-corrected chi connectivity index (χ1v) is 7.94. The fraction of sp³-hybridized carbons (Fsp3) is 0.118. The molecule has 0 saturated heterocycles. The summed E-state index contributed by atoms with van der Waals surface area (Å²) >= 11 is 1.69. The van der Waals surface area contributed by atoms with Gasteiger partial charge < -0.3 is 4.98 Å². The van der Waals surface area contributed by atoms with E-state index >= 15 is 0 Å². The zero-order valence-corrected chi connectivity index (χ0v) is 12.6. The minimum atomic E-state index is -0.0788. The molecule has 0 bridgehead atoms. The maximum atomic E-state index is 12.0. The van der Waals surface area contributed by atoms with E-state index in [0.29, 0.717) is 17.6 Å². The Labute approximate surface area is 130 Å². The summed E-state index contributed by atoms with van der Waals surface area (Å²) in [7, 11) is 0. The zero-order chi connectivity index (χ0) is 14.9. The predicted octanol–water partition coefficient (Wildman–Crippen LogP) is 3.32. The third-order valence-electron chi connectivity index (χ3n) is 3.58. The number of nitrogens with one attached hydrogen (secondary N) is 1. The molecular formula is C17H13N3OS. The second-order valence-electron chi connectivity index (χ2n) is 5.11.